The van der Waals surface area contributed by atoms with Gasteiger partial charge in [-0.3, -0.25) is 4.79 Å². The molecule has 0 radical (unpaired) electrons. The third-order valence-corrected chi connectivity index (χ3v) is 6.67. The molecule has 4 rings (SSSR count). The first-order valence-corrected chi connectivity index (χ1v) is 13.0. The minimum atomic E-state index is -0.209. The number of aromatic nitrogens is 2. The quantitative estimate of drug-likeness (QED) is 0.157. The van der Waals surface area contributed by atoms with Crippen molar-refractivity contribution in [3.8, 4) is 11.5 Å². The Bertz CT molecular complexity index is 1500. The van der Waals surface area contributed by atoms with Crippen LogP contribution in [0.25, 0.3) is 10.9 Å². The molecule has 190 valence electrons. The van der Waals surface area contributed by atoms with E-state index in [1.807, 2.05) is 67.6 Å². The number of ether oxygens (including phenoxy) is 2. The standard InChI is InChI=1S/C30H30BrN3O3/c1-5-10-23-15-22(16-27(36-4)28(23)37-19-21-11-8-7-9-12-21)18-32-34-29(20(3)6-2)33-26-14-13-24(31)17-25(26)30(34)35/h5,7-9,11-18,20H,1,6,10,19H2,2-4H3/t20-/m0/s1. The Hall–Kier alpha value is -3.71. The molecule has 1 aromatic heterocycles. The molecule has 0 aliphatic rings. The largest absolute Gasteiger partial charge is 0.493 e. The maximum atomic E-state index is 13.4. The summed E-state index contributed by atoms with van der Waals surface area (Å²) in [5.41, 5.74) is 3.20. The zero-order valence-corrected chi connectivity index (χ0v) is 22.9. The zero-order chi connectivity index (χ0) is 26.4. The van der Waals surface area contributed by atoms with Crippen LogP contribution in [0.4, 0.5) is 0 Å². The Kier molecular flexibility index (Phi) is 8.56. The smallest absolute Gasteiger partial charge is 0.282 e. The second kappa shape index (κ2) is 12.0. The van der Waals surface area contributed by atoms with Crippen molar-refractivity contribution in [1.82, 2.24) is 9.66 Å². The van der Waals surface area contributed by atoms with Crippen LogP contribution in [0.15, 0.2) is 87.7 Å². The van der Waals surface area contributed by atoms with Gasteiger partial charge in [-0.15, -0.1) is 6.58 Å². The van der Waals surface area contributed by atoms with Gasteiger partial charge in [-0.1, -0.05) is 66.2 Å². The van der Waals surface area contributed by atoms with E-state index in [0.717, 1.165) is 27.6 Å². The average Bonchev–Trinajstić information content (AvgIpc) is 2.92. The normalized spacial score (nSPS) is 12.1. The van der Waals surface area contributed by atoms with Crippen molar-refractivity contribution in [2.24, 2.45) is 5.10 Å². The Balaban J connectivity index is 1.76. The molecule has 0 fully saturated rings. The van der Waals surface area contributed by atoms with Crippen LogP contribution >= 0.6 is 15.9 Å². The molecule has 0 N–H and O–H groups in total. The highest BCUT2D eigenvalue weighted by Gasteiger charge is 2.16. The molecule has 0 bridgehead atoms. The molecule has 6 nitrogen and oxygen atoms in total. The summed E-state index contributed by atoms with van der Waals surface area (Å²) in [5.74, 6) is 1.93. The number of allylic oxidation sites excluding steroid dienone is 1. The van der Waals surface area contributed by atoms with Crippen molar-refractivity contribution < 1.29 is 9.47 Å². The SMILES string of the molecule is C=CCc1cc(C=Nn2c([C@@H](C)CC)nc3ccc(Br)cc3c2=O)cc(OC)c1OCc1ccccc1. The van der Waals surface area contributed by atoms with Crippen LogP contribution in [0.1, 0.15) is 48.7 Å². The minimum absolute atomic E-state index is 0.0533. The molecular weight excluding hydrogens is 530 g/mol. The van der Waals surface area contributed by atoms with Crippen LogP contribution in [-0.4, -0.2) is 23.0 Å². The van der Waals surface area contributed by atoms with E-state index in [1.165, 1.54) is 4.68 Å². The summed E-state index contributed by atoms with van der Waals surface area (Å²) in [6.45, 7) is 8.42. The summed E-state index contributed by atoms with van der Waals surface area (Å²) in [4.78, 5) is 18.2. The zero-order valence-electron chi connectivity index (χ0n) is 21.3. The first-order chi connectivity index (χ1) is 17.9. The predicted molar refractivity (Wildman–Crippen MR) is 153 cm³/mol. The lowest BCUT2D eigenvalue weighted by Gasteiger charge is -2.16. The molecule has 7 heteroatoms. The van der Waals surface area contributed by atoms with E-state index >= 15 is 0 Å². The summed E-state index contributed by atoms with van der Waals surface area (Å²) in [6, 6.07) is 19.3. The fourth-order valence-corrected chi connectivity index (χ4v) is 4.37. The molecule has 0 saturated carbocycles. The van der Waals surface area contributed by atoms with Gasteiger partial charge in [0.1, 0.15) is 12.4 Å². The van der Waals surface area contributed by atoms with E-state index in [-0.39, 0.29) is 11.5 Å². The van der Waals surface area contributed by atoms with Crippen LogP contribution in [-0.2, 0) is 13.0 Å². The van der Waals surface area contributed by atoms with Gasteiger partial charge >= 0.3 is 0 Å². The van der Waals surface area contributed by atoms with Gasteiger partial charge in [0, 0.05) is 16.0 Å². The maximum absolute atomic E-state index is 13.4. The highest BCUT2D eigenvalue weighted by molar-refractivity contribution is 9.10. The first kappa shape index (κ1) is 26.4. The number of rotatable bonds is 10. The van der Waals surface area contributed by atoms with E-state index in [4.69, 9.17) is 14.5 Å². The molecule has 37 heavy (non-hydrogen) atoms. The van der Waals surface area contributed by atoms with Crippen molar-refractivity contribution >= 4 is 33.0 Å². The van der Waals surface area contributed by atoms with Crippen LogP contribution in [0.5, 0.6) is 11.5 Å². The second-order valence-corrected chi connectivity index (χ2v) is 9.70. The fourth-order valence-electron chi connectivity index (χ4n) is 4.01. The number of methoxy groups -OCH3 is 1. The Morgan fingerprint density at radius 2 is 1.95 bits per heavy atom. The highest BCUT2D eigenvalue weighted by Crippen LogP contribution is 2.34. The van der Waals surface area contributed by atoms with Gasteiger partial charge in [-0.05, 0) is 54.3 Å². The third-order valence-electron chi connectivity index (χ3n) is 6.17. The fraction of sp³-hybridized carbons (Fsp3) is 0.233. The summed E-state index contributed by atoms with van der Waals surface area (Å²) in [7, 11) is 1.61. The number of nitrogens with zero attached hydrogens (tertiary/aromatic N) is 3. The molecule has 4 aromatic rings. The summed E-state index contributed by atoms with van der Waals surface area (Å²) in [5, 5.41) is 5.11. The van der Waals surface area contributed by atoms with Crippen molar-refractivity contribution in [2.75, 3.05) is 7.11 Å². The van der Waals surface area contributed by atoms with Crippen LogP contribution < -0.4 is 15.0 Å². The molecule has 0 spiro atoms. The topological polar surface area (TPSA) is 65.7 Å². The van der Waals surface area contributed by atoms with Gasteiger partial charge in [0.25, 0.3) is 5.56 Å². The van der Waals surface area contributed by atoms with Crippen LogP contribution in [0, 0.1) is 0 Å². The van der Waals surface area contributed by atoms with E-state index in [2.05, 4.69) is 34.5 Å². The molecule has 1 heterocycles. The van der Waals surface area contributed by atoms with E-state index in [0.29, 0.717) is 41.3 Å². The van der Waals surface area contributed by atoms with Gasteiger partial charge in [-0.25, -0.2) is 4.98 Å². The van der Waals surface area contributed by atoms with Gasteiger partial charge in [0.05, 0.1) is 24.2 Å². The molecule has 0 saturated heterocycles. The highest BCUT2D eigenvalue weighted by atomic mass is 79.9. The molecule has 0 unspecified atom stereocenters. The van der Waals surface area contributed by atoms with E-state index < -0.39 is 0 Å². The lowest BCUT2D eigenvalue weighted by atomic mass is 10.1. The summed E-state index contributed by atoms with van der Waals surface area (Å²) < 4.78 is 14.1. The third kappa shape index (κ3) is 6.00. The molecule has 0 aliphatic heterocycles. The Morgan fingerprint density at radius 1 is 1.16 bits per heavy atom. The maximum Gasteiger partial charge on any atom is 0.282 e. The van der Waals surface area contributed by atoms with Gasteiger partial charge in [-0.2, -0.15) is 9.78 Å². The predicted octanol–water partition coefficient (Wildman–Crippen LogP) is 6.87. The Labute approximate surface area is 225 Å². The lowest BCUT2D eigenvalue weighted by Crippen LogP contribution is -2.23. The Morgan fingerprint density at radius 3 is 2.65 bits per heavy atom. The minimum Gasteiger partial charge on any atom is -0.493 e. The van der Waals surface area contributed by atoms with Crippen molar-refractivity contribution in [2.45, 2.75) is 39.2 Å². The number of benzene rings is 3. The second-order valence-electron chi connectivity index (χ2n) is 8.78. The van der Waals surface area contributed by atoms with E-state index in [9.17, 15) is 4.79 Å². The molecule has 0 aliphatic carbocycles. The first-order valence-electron chi connectivity index (χ1n) is 12.2. The molecule has 1 atom stereocenters. The van der Waals surface area contributed by atoms with Crippen molar-refractivity contribution in [3.05, 3.63) is 111 Å². The van der Waals surface area contributed by atoms with Crippen molar-refractivity contribution in [3.63, 3.8) is 0 Å². The monoisotopic (exact) mass is 559 g/mol. The van der Waals surface area contributed by atoms with Gasteiger partial charge < -0.3 is 9.47 Å². The van der Waals surface area contributed by atoms with E-state index in [1.54, 1.807) is 19.4 Å². The molecular formula is C30H30BrN3O3. The number of hydrogen-bond donors (Lipinski definition) is 0. The van der Waals surface area contributed by atoms with Crippen molar-refractivity contribution in [1.29, 1.82) is 0 Å². The number of fused-ring (bicyclic) bond motifs is 1. The van der Waals surface area contributed by atoms with Crippen LogP contribution in [0.2, 0.25) is 0 Å². The molecule has 0 amide bonds. The summed E-state index contributed by atoms with van der Waals surface area (Å²) >= 11 is 3.45. The number of hydrogen-bond acceptors (Lipinski definition) is 5. The average molecular weight is 560 g/mol. The van der Waals surface area contributed by atoms with Gasteiger partial charge in [0.2, 0.25) is 0 Å². The number of halogens is 1. The lowest BCUT2D eigenvalue weighted by molar-refractivity contribution is 0.282. The molecule has 3 aromatic carbocycles. The van der Waals surface area contributed by atoms with Crippen LogP contribution in [0.3, 0.4) is 0 Å². The summed E-state index contributed by atoms with van der Waals surface area (Å²) in [6.07, 6.45) is 4.90. The van der Waals surface area contributed by atoms with Gasteiger partial charge in [0.15, 0.2) is 11.5 Å².